The van der Waals surface area contributed by atoms with Gasteiger partial charge in [-0.15, -0.1) is 11.3 Å². The van der Waals surface area contributed by atoms with Crippen LogP contribution in [0.1, 0.15) is 38.1 Å². The average molecular weight is 255 g/mol. The highest BCUT2D eigenvalue weighted by atomic mass is 32.1. The number of ether oxygens (including phenoxy) is 1. The van der Waals surface area contributed by atoms with Gasteiger partial charge in [-0.05, 0) is 31.7 Å². The van der Waals surface area contributed by atoms with Gasteiger partial charge in [0.1, 0.15) is 0 Å². The molecule has 1 N–H and O–H groups in total. The largest absolute Gasteiger partial charge is 0.469 e. The van der Waals surface area contributed by atoms with Crippen LogP contribution in [0.25, 0.3) is 0 Å². The van der Waals surface area contributed by atoms with Crippen molar-refractivity contribution in [3.63, 3.8) is 0 Å². The lowest BCUT2D eigenvalue weighted by Gasteiger charge is -2.25. The minimum atomic E-state index is -0.487. The maximum Gasteiger partial charge on any atom is 0.312 e. The second kappa shape index (κ2) is 6.17. The number of hydrogen-bond acceptors (Lipinski definition) is 4. The molecule has 1 aromatic rings. The monoisotopic (exact) mass is 255 g/mol. The molecule has 96 valence electrons. The van der Waals surface area contributed by atoms with Crippen molar-refractivity contribution >= 4 is 17.3 Å². The Labute approximate surface area is 107 Å². The molecule has 1 rings (SSSR count). The summed E-state index contributed by atoms with van der Waals surface area (Å²) in [6.45, 7) is 6.55. The second-order valence-corrected chi connectivity index (χ2v) is 5.71. The fourth-order valence-electron chi connectivity index (χ4n) is 1.66. The van der Waals surface area contributed by atoms with E-state index in [1.165, 1.54) is 12.0 Å². The number of thiophene rings is 1. The number of methoxy groups -OCH3 is 1. The Balaban J connectivity index is 2.57. The minimum absolute atomic E-state index is 0.175. The molecule has 1 heterocycles. The summed E-state index contributed by atoms with van der Waals surface area (Å²) in [5.41, 5.74) is -0.487. The van der Waals surface area contributed by atoms with Crippen LogP contribution >= 0.6 is 11.3 Å². The minimum Gasteiger partial charge on any atom is -0.469 e. The quantitative estimate of drug-likeness (QED) is 0.794. The van der Waals surface area contributed by atoms with E-state index in [2.05, 4.69) is 29.8 Å². The normalized spacial score (nSPS) is 13.4. The number of carbonyl (C=O) groups excluding carboxylic acids is 1. The zero-order chi connectivity index (χ0) is 12.9. The molecule has 1 atom stereocenters. The Morgan fingerprint density at radius 2 is 2.29 bits per heavy atom. The molecule has 0 amide bonds. The third-order valence-electron chi connectivity index (χ3n) is 2.82. The van der Waals surface area contributed by atoms with E-state index >= 15 is 0 Å². The summed E-state index contributed by atoms with van der Waals surface area (Å²) in [6, 6.07) is 4.49. The first-order valence-corrected chi connectivity index (χ1v) is 6.74. The van der Waals surface area contributed by atoms with Crippen molar-refractivity contribution in [1.29, 1.82) is 0 Å². The second-order valence-electron chi connectivity index (χ2n) is 4.73. The maximum absolute atomic E-state index is 11.6. The predicted octanol–water partition coefficient (Wildman–Crippen LogP) is 2.99. The maximum atomic E-state index is 11.6. The zero-order valence-electron chi connectivity index (χ0n) is 10.9. The molecule has 0 fully saturated rings. The van der Waals surface area contributed by atoms with Gasteiger partial charge in [0.2, 0.25) is 0 Å². The number of nitrogens with one attached hydrogen (secondary N) is 1. The zero-order valence-corrected chi connectivity index (χ0v) is 11.8. The summed E-state index contributed by atoms with van der Waals surface area (Å²) in [5, 5.41) is 5.51. The van der Waals surface area contributed by atoms with Gasteiger partial charge in [-0.3, -0.25) is 4.79 Å². The first kappa shape index (κ1) is 14.2. The molecule has 1 aromatic heterocycles. The van der Waals surface area contributed by atoms with Crippen LogP contribution < -0.4 is 5.32 Å². The van der Waals surface area contributed by atoms with Gasteiger partial charge in [0.15, 0.2) is 0 Å². The molecule has 0 saturated carbocycles. The Hall–Kier alpha value is -0.870. The van der Waals surface area contributed by atoms with Crippen LogP contribution in [0, 0.1) is 5.41 Å². The van der Waals surface area contributed by atoms with Crippen LogP contribution in [-0.2, 0) is 9.53 Å². The van der Waals surface area contributed by atoms with E-state index in [0.717, 1.165) is 6.42 Å². The number of rotatable bonds is 6. The lowest BCUT2D eigenvalue weighted by molar-refractivity contribution is -0.150. The van der Waals surface area contributed by atoms with Gasteiger partial charge < -0.3 is 10.1 Å². The average Bonchev–Trinajstić information content (AvgIpc) is 2.82. The van der Waals surface area contributed by atoms with E-state index in [-0.39, 0.29) is 5.97 Å². The number of hydrogen-bond donors (Lipinski definition) is 1. The molecule has 0 bridgehead atoms. The molecule has 4 heteroatoms. The van der Waals surface area contributed by atoms with Gasteiger partial charge in [-0.2, -0.15) is 0 Å². The summed E-state index contributed by atoms with van der Waals surface area (Å²) >= 11 is 1.74. The number of carbonyl (C=O) groups is 1. The van der Waals surface area contributed by atoms with E-state index in [1.807, 2.05) is 13.8 Å². The van der Waals surface area contributed by atoms with Crippen LogP contribution in [0.4, 0.5) is 0 Å². The predicted molar refractivity (Wildman–Crippen MR) is 71.2 cm³/mol. The number of esters is 1. The lowest BCUT2D eigenvalue weighted by atomic mass is 9.93. The molecule has 0 aliphatic rings. The molecule has 0 saturated heterocycles. The van der Waals surface area contributed by atoms with E-state index in [1.54, 1.807) is 11.3 Å². The van der Waals surface area contributed by atoms with Crippen molar-refractivity contribution in [3.8, 4) is 0 Å². The smallest absolute Gasteiger partial charge is 0.312 e. The van der Waals surface area contributed by atoms with Crippen molar-refractivity contribution < 1.29 is 9.53 Å². The van der Waals surface area contributed by atoms with Crippen LogP contribution in [0.15, 0.2) is 17.5 Å². The molecule has 1 unspecified atom stereocenters. The van der Waals surface area contributed by atoms with Crippen LogP contribution in [0.2, 0.25) is 0 Å². The fraction of sp³-hybridized carbons (Fsp3) is 0.615. The summed E-state index contributed by atoms with van der Waals surface area (Å²) < 4.78 is 4.80. The van der Waals surface area contributed by atoms with Crippen molar-refractivity contribution in [2.75, 3.05) is 13.7 Å². The SMILES string of the molecule is CCC(NCC(C)(C)C(=O)OC)c1cccs1. The molecule has 0 aliphatic carbocycles. The van der Waals surface area contributed by atoms with Crippen molar-refractivity contribution in [1.82, 2.24) is 5.32 Å². The van der Waals surface area contributed by atoms with Crippen LogP contribution in [0.5, 0.6) is 0 Å². The third kappa shape index (κ3) is 3.82. The van der Waals surface area contributed by atoms with Crippen molar-refractivity contribution in [2.24, 2.45) is 5.41 Å². The summed E-state index contributed by atoms with van der Waals surface area (Å²) in [5.74, 6) is -0.175. The Bertz CT molecular complexity index is 346. The van der Waals surface area contributed by atoms with E-state index in [9.17, 15) is 4.79 Å². The standard InChI is InChI=1S/C13H21NO2S/c1-5-10(11-7-6-8-17-11)14-9-13(2,3)12(15)16-4/h6-8,10,14H,5,9H2,1-4H3. The lowest BCUT2D eigenvalue weighted by Crippen LogP contribution is -2.38. The van der Waals surface area contributed by atoms with Gasteiger partial charge in [-0.25, -0.2) is 0 Å². The highest BCUT2D eigenvalue weighted by Gasteiger charge is 2.29. The van der Waals surface area contributed by atoms with Gasteiger partial charge >= 0.3 is 5.97 Å². The van der Waals surface area contributed by atoms with Gasteiger partial charge in [0.05, 0.1) is 12.5 Å². The third-order valence-corrected chi connectivity index (χ3v) is 3.81. The summed E-state index contributed by atoms with van der Waals surface area (Å²) in [7, 11) is 1.43. The summed E-state index contributed by atoms with van der Waals surface area (Å²) in [4.78, 5) is 12.9. The molecular weight excluding hydrogens is 234 g/mol. The van der Waals surface area contributed by atoms with Gasteiger partial charge in [0, 0.05) is 17.5 Å². The van der Waals surface area contributed by atoms with Gasteiger partial charge in [-0.1, -0.05) is 13.0 Å². The van der Waals surface area contributed by atoms with E-state index < -0.39 is 5.41 Å². The first-order chi connectivity index (χ1) is 8.01. The Kier molecular flexibility index (Phi) is 5.15. The van der Waals surface area contributed by atoms with Crippen LogP contribution in [-0.4, -0.2) is 19.6 Å². The van der Waals surface area contributed by atoms with E-state index in [0.29, 0.717) is 12.6 Å². The highest BCUT2D eigenvalue weighted by Crippen LogP contribution is 2.24. The topological polar surface area (TPSA) is 38.3 Å². The molecule has 0 aromatic carbocycles. The molecule has 0 spiro atoms. The van der Waals surface area contributed by atoms with Crippen molar-refractivity contribution in [3.05, 3.63) is 22.4 Å². The molecule has 0 radical (unpaired) electrons. The van der Waals surface area contributed by atoms with Gasteiger partial charge in [0.25, 0.3) is 0 Å². The van der Waals surface area contributed by atoms with Crippen molar-refractivity contribution in [2.45, 2.75) is 33.2 Å². The van der Waals surface area contributed by atoms with Crippen LogP contribution in [0.3, 0.4) is 0 Å². The Morgan fingerprint density at radius 1 is 1.59 bits per heavy atom. The van der Waals surface area contributed by atoms with E-state index in [4.69, 9.17) is 4.74 Å². The molecule has 3 nitrogen and oxygen atoms in total. The molecule has 0 aliphatic heterocycles. The Morgan fingerprint density at radius 3 is 2.76 bits per heavy atom. The summed E-state index contributed by atoms with van der Waals surface area (Å²) in [6.07, 6.45) is 1.01. The highest BCUT2D eigenvalue weighted by molar-refractivity contribution is 7.10. The fourth-order valence-corrected chi connectivity index (χ4v) is 2.55. The molecule has 17 heavy (non-hydrogen) atoms. The first-order valence-electron chi connectivity index (χ1n) is 5.86. The molecular formula is C13H21NO2S.